The lowest BCUT2D eigenvalue weighted by Crippen LogP contribution is -2.14. The van der Waals surface area contributed by atoms with Gasteiger partial charge in [-0.1, -0.05) is 11.6 Å². The first-order chi connectivity index (χ1) is 9.87. The topological polar surface area (TPSA) is 99.2 Å². The summed E-state index contributed by atoms with van der Waals surface area (Å²) in [7, 11) is -2.40. The van der Waals surface area contributed by atoms with Crippen LogP contribution in [0, 0.1) is 0 Å². The van der Waals surface area contributed by atoms with Crippen LogP contribution < -0.4 is 15.2 Å². The number of hydrogen-bond donors (Lipinski definition) is 2. The van der Waals surface area contributed by atoms with E-state index in [9.17, 15) is 8.42 Å². The largest absolute Gasteiger partial charge is 0.497 e. The van der Waals surface area contributed by atoms with E-state index < -0.39 is 10.0 Å². The summed E-state index contributed by atoms with van der Waals surface area (Å²) in [5, 5.41) is 4.16. The Labute approximate surface area is 127 Å². The predicted molar refractivity (Wildman–Crippen MR) is 81.1 cm³/mol. The minimum Gasteiger partial charge on any atom is -0.497 e. The first-order valence-corrected chi connectivity index (χ1v) is 7.92. The summed E-state index contributed by atoms with van der Waals surface area (Å²) in [6.45, 7) is 2.34. The van der Waals surface area contributed by atoms with Crippen molar-refractivity contribution in [3.05, 3.63) is 29.4 Å². The highest BCUT2D eigenvalue weighted by molar-refractivity contribution is 7.92. The highest BCUT2D eigenvalue weighted by Crippen LogP contribution is 2.29. The van der Waals surface area contributed by atoms with Gasteiger partial charge in [-0.05, 0) is 19.1 Å². The van der Waals surface area contributed by atoms with Gasteiger partial charge >= 0.3 is 0 Å². The Bertz CT molecular complexity index is 758. The van der Waals surface area contributed by atoms with Gasteiger partial charge in [0.1, 0.15) is 10.6 Å². The van der Waals surface area contributed by atoms with Gasteiger partial charge in [-0.2, -0.15) is 5.10 Å². The molecule has 0 bridgehead atoms. The second kappa shape index (κ2) is 5.82. The fourth-order valence-electron chi connectivity index (χ4n) is 1.70. The van der Waals surface area contributed by atoms with E-state index in [1.807, 2.05) is 6.92 Å². The first kappa shape index (κ1) is 15.5. The molecular formula is C12H15ClN4O3S. The van der Waals surface area contributed by atoms with Crippen molar-refractivity contribution in [2.45, 2.75) is 18.4 Å². The first-order valence-electron chi connectivity index (χ1n) is 6.06. The normalized spacial score (nSPS) is 11.4. The van der Waals surface area contributed by atoms with Crippen LogP contribution in [0.4, 0.5) is 11.5 Å². The van der Waals surface area contributed by atoms with Gasteiger partial charge in [0.15, 0.2) is 5.82 Å². The Morgan fingerprint density at radius 3 is 2.76 bits per heavy atom. The molecule has 0 atom stereocenters. The molecule has 9 heteroatoms. The Morgan fingerprint density at radius 1 is 1.48 bits per heavy atom. The maximum absolute atomic E-state index is 12.4. The molecule has 1 aromatic heterocycles. The van der Waals surface area contributed by atoms with Crippen molar-refractivity contribution >= 4 is 33.1 Å². The molecule has 0 spiro atoms. The van der Waals surface area contributed by atoms with Gasteiger partial charge in [0, 0.05) is 18.8 Å². The smallest absolute Gasteiger partial charge is 0.267 e. The molecule has 0 fully saturated rings. The number of aryl methyl sites for hydroxylation is 1. The van der Waals surface area contributed by atoms with Crippen molar-refractivity contribution in [1.29, 1.82) is 0 Å². The van der Waals surface area contributed by atoms with Crippen molar-refractivity contribution in [3.63, 3.8) is 0 Å². The average Bonchev–Trinajstić information content (AvgIpc) is 2.83. The molecule has 0 saturated carbocycles. The number of nitrogen functional groups attached to an aromatic ring is 1. The van der Waals surface area contributed by atoms with Crippen molar-refractivity contribution in [1.82, 2.24) is 9.78 Å². The van der Waals surface area contributed by atoms with Crippen LogP contribution in [0.1, 0.15) is 6.92 Å². The molecule has 0 aliphatic heterocycles. The number of halogens is 1. The molecule has 1 aromatic carbocycles. The molecule has 114 valence electrons. The van der Waals surface area contributed by atoms with Crippen molar-refractivity contribution < 1.29 is 13.2 Å². The third-order valence-corrected chi connectivity index (χ3v) is 4.50. The third kappa shape index (κ3) is 3.22. The SMILES string of the molecule is CCn1cc(S(=O)(=O)Nc2cc(OC)ccc2Cl)c(N)n1. The van der Waals surface area contributed by atoms with Gasteiger partial charge < -0.3 is 10.5 Å². The van der Waals surface area contributed by atoms with E-state index >= 15 is 0 Å². The maximum atomic E-state index is 12.4. The highest BCUT2D eigenvalue weighted by Gasteiger charge is 2.22. The van der Waals surface area contributed by atoms with Gasteiger partial charge in [0.25, 0.3) is 10.0 Å². The van der Waals surface area contributed by atoms with Crippen LogP contribution in [-0.4, -0.2) is 25.3 Å². The number of ether oxygens (including phenoxy) is 1. The molecule has 0 aliphatic carbocycles. The molecule has 0 unspecified atom stereocenters. The van der Waals surface area contributed by atoms with Crippen LogP contribution in [0.15, 0.2) is 29.3 Å². The molecule has 21 heavy (non-hydrogen) atoms. The van der Waals surface area contributed by atoms with E-state index in [4.69, 9.17) is 22.1 Å². The van der Waals surface area contributed by atoms with Gasteiger partial charge in [-0.25, -0.2) is 8.42 Å². The Morgan fingerprint density at radius 2 is 2.19 bits per heavy atom. The summed E-state index contributed by atoms with van der Waals surface area (Å²) in [4.78, 5) is -0.0942. The summed E-state index contributed by atoms with van der Waals surface area (Å²) in [5.41, 5.74) is 5.85. The summed E-state index contributed by atoms with van der Waals surface area (Å²) >= 11 is 5.98. The Hall–Kier alpha value is -1.93. The molecule has 2 rings (SSSR count). The molecule has 0 amide bonds. The lowest BCUT2D eigenvalue weighted by molar-refractivity contribution is 0.415. The Balaban J connectivity index is 2.39. The van der Waals surface area contributed by atoms with Gasteiger partial charge in [-0.3, -0.25) is 9.40 Å². The minimum atomic E-state index is -3.88. The third-order valence-electron chi connectivity index (χ3n) is 2.79. The minimum absolute atomic E-state index is 0.0663. The van der Waals surface area contributed by atoms with E-state index in [1.54, 1.807) is 6.07 Å². The summed E-state index contributed by atoms with van der Waals surface area (Å²) < 4.78 is 33.6. The average molecular weight is 331 g/mol. The number of nitrogens with zero attached hydrogens (tertiary/aromatic N) is 2. The van der Waals surface area contributed by atoms with Crippen LogP contribution in [0.2, 0.25) is 5.02 Å². The van der Waals surface area contributed by atoms with Crippen molar-refractivity contribution in [2.24, 2.45) is 0 Å². The van der Waals surface area contributed by atoms with E-state index in [0.29, 0.717) is 12.3 Å². The van der Waals surface area contributed by atoms with E-state index in [2.05, 4.69) is 9.82 Å². The fourth-order valence-corrected chi connectivity index (χ4v) is 3.06. The predicted octanol–water partition coefficient (Wildman–Crippen LogP) is 1.95. The van der Waals surface area contributed by atoms with Crippen LogP contribution in [0.3, 0.4) is 0 Å². The summed E-state index contributed by atoms with van der Waals surface area (Å²) in [5.74, 6) is 0.415. The molecule has 3 N–H and O–H groups in total. The number of anilines is 2. The van der Waals surface area contributed by atoms with E-state index in [-0.39, 0.29) is 21.4 Å². The maximum Gasteiger partial charge on any atom is 0.267 e. The summed E-state index contributed by atoms with van der Waals surface area (Å²) in [6, 6.07) is 4.65. The molecule has 1 heterocycles. The van der Waals surface area contributed by atoms with Crippen LogP contribution in [-0.2, 0) is 16.6 Å². The van der Waals surface area contributed by atoms with E-state index in [1.165, 1.54) is 30.1 Å². The quantitative estimate of drug-likeness (QED) is 0.872. The molecule has 7 nitrogen and oxygen atoms in total. The van der Waals surface area contributed by atoms with Crippen LogP contribution in [0.5, 0.6) is 5.75 Å². The number of nitrogens with one attached hydrogen (secondary N) is 1. The van der Waals surface area contributed by atoms with Crippen molar-refractivity contribution in [3.8, 4) is 5.75 Å². The molecule has 0 aliphatic rings. The number of rotatable bonds is 5. The zero-order valence-corrected chi connectivity index (χ0v) is 13.1. The second-order valence-corrected chi connectivity index (χ2v) is 6.24. The standard InChI is InChI=1S/C12H15ClN4O3S/c1-3-17-7-11(12(14)15-17)21(18,19)16-10-6-8(20-2)4-5-9(10)13/h4-7,16H,3H2,1-2H3,(H2,14,15). The lowest BCUT2D eigenvalue weighted by atomic mass is 10.3. The fraction of sp³-hybridized carbons (Fsp3) is 0.250. The number of sulfonamides is 1. The monoisotopic (exact) mass is 330 g/mol. The van der Waals surface area contributed by atoms with E-state index in [0.717, 1.165) is 0 Å². The van der Waals surface area contributed by atoms with Crippen LogP contribution in [0.25, 0.3) is 0 Å². The Kier molecular flexibility index (Phi) is 4.29. The highest BCUT2D eigenvalue weighted by atomic mass is 35.5. The zero-order valence-electron chi connectivity index (χ0n) is 11.5. The second-order valence-electron chi connectivity index (χ2n) is 4.19. The zero-order chi connectivity index (χ0) is 15.6. The number of methoxy groups -OCH3 is 1. The number of nitrogens with two attached hydrogens (primary N) is 1. The molecule has 0 radical (unpaired) electrons. The van der Waals surface area contributed by atoms with Crippen molar-refractivity contribution in [2.75, 3.05) is 17.6 Å². The number of aromatic nitrogens is 2. The molecule has 0 saturated heterocycles. The molecule has 2 aromatic rings. The van der Waals surface area contributed by atoms with Gasteiger partial charge in [0.2, 0.25) is 0 Å². The van der Waals surface area contributed by atoms with Gasteiger partial charge in [-0.15, -0.1) is 0 Å². The molecular weight excluding hydrogens is 316 g/mol. The summed E-state index contributed by atoms with van der Waals surface area (Å²) in [6.07, 6.45) is 1.37. The lowest BCUT2D eigenvalue weighted by Gasteiger charge is -2.10. The van der Waals surface area contributed by atoms with Gasteiger partial charge in [0.05, 0.1) is 17.8 Å². The number of benzene rings is 1. The number of hydrogen-bond acceptors (Lipinski definition) is 5. The van der Waals surface area contributed by atoms with Crippen LogP contribution >= 0.6 is 11.6 Å².